The van der Waals surface area contributed by atoms with Crippen LogP contribution in [-0.4, -0.2) is 31.3 Å². The first kappa shape index (κ1) is 23.1. The zero-order chi connectivity index (χ0) is 19.2. The molecule has 1 rings (SSSR count). The highest BCUT2D eigenvalue weighted by molar-refractivity contribution is 5.70. The van der Waals surface area contributed by atoms with Crippen LogP contribution in [0.3, 0.4) is 0 Å². The van der Waals surface area contributed by atoms with Gasteiger partial charge in [0.15, 0.2) is 0 Å². The fraction of sp³-hybridized carbons (Fsp3) is 0.600. The SMILES string of the molecule is CCCCOC(C)=O.Cc1ccc(C)c(COCC(=O)OC(C)C)c1. The number of unbranched alkanes of at least 4 members (excludes halogenated alkanes) is 1. The molecule has 25 heavy (non-hydrogen) atoms. The van der Waals surface area contributed by atoms with Crippen molar-refractivity contribution >= 4 is 11.9 Å². The number of carbonyl (C=O) groups excluding carboxylic acids is 2. The minimum Gasteiger partial charge on any atom is -0.466 e. The molecule has 0 radical (unpaired) electrons. The summed E-state index contributed by atoms with van der Waals surface area (Å²) in [5, 5.41) is 0. The first-order valence-corrected chi connectivity index (χ1v) is 8.73. The molecule has 0 spiro atoms. The Kier molecular flexibility index (Phi) is 12.4. The summed E-state index contributed by atoms with van der Waals surface area (Å²) in [5.74, 6) is -0.497. The van der Waals surface area contributed by atoms with Gasteiger partial charge in [-0.2, -0.15) is 0 Å². The Labute approximate surface area is 151 Å². The smallest absolute Gasteiger partial charge is 0.332 e. The van der Waals surface area contributed by atoms with Crippen LogP contribution in [0.25, 0.3) is 0 Å². The molecule has 1 aromatic carbocycles. The zero-order valence-corrected chi connectivity index (χ0v) is 16.4. The summed E-state index contributed by atoms with van der Waals surface area (Å²) >= 11 is 0. The number of hydrogen-bond acceptors (Lipinski definition) is 5. The molecule has 0 N–H and O–H groups in total. The molecule has 0 unspecified atom stereocenters. The van der Waals surface area contributed by atoms with Crippen LogP contribution in [0.4, 0.5) is 0 Å². The van der Waals surface area contributed by atoms with E-state index in [0.29, 0.717) is 13.2 Å². The van der Waals surface area contributed by atoms with Crippen molar-refractivity contribution in [2.45, 2.75) is 67.1 Å². The second-order valence-electron chi connectivity index (χ2n) is 6.15. The van der Waals surface area contributed by atoms with E-state index in [9.17, 15) is 9.59 Å². The Morgan fingerprint density at radius 2 is 1.84 bits per heavy atom. The molecule has 142 valence electrons. The van der Waals surface area contributed by atoms with Crippen LogP contribution in [0, 0.1) is 13.8 Å². The first-order chi connectivity index (χ1) is 11.8. The molecule has 5 heteroatoms. The van der Waals surface area contributed by atoms with Crippen LogP contribution in [0.15, 0.2) is 18.2 Å². The van der Waals surface area contributed by atoms with Crippen molar-refractivity contribution in [3.63, 3.8) is 0 Å². The van der Waals surface area contributed by atoms with Gasteiger partial charge in [0.25, 0.3) is 0 Å². The maximum absolute atomic E-state index is 11.2. The Bertz CT molecular complexity index is 523. The Morgan fingerprint density at radius 3 is 2.40 bits per heavy atom. The minimum absolute atomic E-state index is 0.00552. The summed E-state index contributed by atoms with van der Waals surface area (Å²) < 4.78 is 15.0. The second kappa shape index (κ2) is 13.4. The van der Waals surface area contributed by atoms with Gasteiger partial charge in [0, 0.05) is 6.92 Å². The average molecular weight is 352 g/mol. The molecule has 0 atom stereocenters. The van der Waals surface area contributed by atoms with E-state index in [0.717, 1.165) is 18.4 Å². The van der Waals surface area contributed by atoms with E-state index in [4.69, 9.17) is 9.47 Å². The molecular formula is C20H32O5. The van der Waals surface area contributed by atoms with Gasteiger partial charge in [-0.05, 0) is 45.2 Å². The van der Waals surface area contributed by atoms with Gasteiger partial charge in [0.2, 0.25) is 0 Å². The summed E-state index contributed by atoms with van der Waals surface area (Å²) in [5.41, 5.74) is 3.48. The van der Waals surface area contributed by atoms with Gasteiger partial charge in [0.05, 0.1) is 19.3 Å². The van der Waals surface area contributed by atoms with Crippen molar-refractivity contribution in [3.05, 3.63) is 34.9 Å². The van der Waals surface area contributed by atoms with Crippen LogP contribution < -0.4 is 0 Å². The van der Waals surface area contributed by atoms with Crippen LogP contribution in [0.5, 0.6) is 0 Å². The number of carbonyl (C=O) groups is 2. The van der Waals surface area contributed by atoms with E-state index in [1.807, 2.05) is 27.7 Å². The fourth-order valence-electron chi connectivity index (χ4n) is 1.86. The highest BCUT2D eigenvalue weighted by Crippen LogP contribution is 2.11. The average Bonchev–Trinajstić information content (AvgIpc) is 2.50. The third-order valence-electron chi connectivity index (χ3n) is 3.15. The predicted octanol–water partition coefficient (Wildman–Crippen LogP) is 4.12. The maximum Gasteiger partial charge on any atom is 0.332 e. The highest BCUT2D eigenvalue weighted by atomic mass is 16.6. The van der Waals surface area contributed by atoms with Crippen LogP contribution in [0.2, 0.25) is 0 Å². The van der Waals surface area contributed by atoms with Crippen LogP contribution in [0.1, 0.15) is 57.2 Å². The predicted molar refractivity (Wildman–Crippen MR) is 98.3 cm³/mol. The Hall–Kier alpha value is -1.88. The van der Waals surface area contributed by atoms with Gasteiger partial charge in [-0.25, -0.2) is 4.79 Å². The van der Waals surface area contributed by atoms with Gasteiger partial charge < -0.3 is 14.2 Å². The van der Waals surface area contributed by atoms with Gasteiger partial charge in [-0.15, -0.1) is 0 Å². The van der Waals surface area contributed by atoms with Gasteiger partial charge >= 0.3 is 11.9 Å². The lowest BCUT2D eigenvalue weighted by atomic mass is 10.1. The summed E-state index contributed by atoms with van der Waals surface area (Å²) in [6, 6.07) is 6.19. The van der Waals surface area contributed by atoms with E-state index in [1.165, 1.54) is 18.1 Å². The van der Waals surface area contributed by atoms with E-state index < -0.39 is 0 Å². The highest BCUT2D eigenvalue weighted by Gasteiger charge is 2.06. The van der Waals surface area contributed by atoms with Crippen molar-refractivity contribution in [2.75, 3.05) is 13.2 Å². The van der Waals surface area contributed by atoms with Crippen LogP contribution in [-0.2, 0) is 30.4 Å². The molecule has 0 fully saturated rings. The summed E-state index contributed by atoms with van der Waals surface area (Å²) in [4.78, 5) is 21.3. The molecule has 5 nitrogen and oxygen atoms in total. The third kappa shape index (κ3) is 13.1. The number of ether oxygens (including phenoxy) is 3. The zero-order valence-electron chi connectivity index (χ0n) is 16.4. The molecular weight excluding hydrogens is 320 g/mol. The van der Waals surface area contributed by atoms with E-state index in [2.05, 4.69) is 29.9 Å². The summed E-state index contributed by atoms with van der Waals surface area (Å²) in [6.07, 6.45) is 1.96. The van der Waals surface area contributed by atoms with E-state index in [-0.39, 0.29) is 24.6 Å². The van der Waals surface area contributed by atoms with Gasteiger partial charge in [-0.3, -0.25) is 4.79 Å². The maximum atomic E-state index is 11.2. The number of esters is 2. The monoisotopic (exact) mass is 352 g/mol. The standard InChI is InChI=1S/C14H20O3.C6H12O2/c1-10(2)17-14(15)9-16-8-13-7-11(3)5-6-12(13)4;1-3-4-5-8-6(2)7/h5-7,10H,8-9H2,1-4H3;3-5H2,1-2H3. The molecule has 0 aliphatic heterocycles. The molecule has 0 heterocycles. The first-order valence-electron chi connectivity index (χ1n) is 8.73. The molecule has 0 amide bonds. The third-order valence-corrected chi connectivity index (χ3v) is 3.15. The lowest BCUT2D eigenvalue weighted by Gasteiger charge is -2.10. The Morgan fingerprint density at radius 1 is 1.16 bits per heavy atom. The second-order valence-corrected chi connectivity index (χ2v) is 6.15. The number of hydrogen-bond donors (Lipinski definition) is 0. The van der Waals surface area contributed by atoms with Crippen molar-refractivity contribution in [2.24, 2.45) is 0 Å². The topological polar surface area (TPSA) is 61.8 Å². The molecule has 0 aliphatic rings. The number of rotatable bonds is 8. The van der Waals surface area contributed by atoms with Crippen molar-refractivity contribution in [1.29, 1.82) is 0 Å². The molecule has 0 aliphatic carbocycles. The van der Waals surface area contributed by atoms with Crippen molar-refractivity contribution < 1.29 is 23.8 Å². The minimum atomic E-state index is -0.315. The van der Waals surface area contributed by atoms with Crippen LogP contribution >= 0.6 is 0 Å². The molecule has 1 aromatic rings. The molecule has 0 bridgehead atoms. The largest absolute Gasteiger partial charge is 0.466 e. The number of aryl methyl sites for hydroxylation is 2. The molecule has 0 saturated carbocycles. The van der Waals surface area contributed by atoms with Crippen molar-refractivity contribution in [1.82, 2.24) is 0 Å². The quantitative estimate of drug-likeness (QED) is 0.520. The molecule has 0 saturated heterocycles. The normalized spacial score (nSPS) is 10.0. The molecule has 0 aromatic heterocycles. The summed E-state index contributed by atoms with van der Waals surface area (Å²) in [7, 11) is 0. The van der Waals surface area contributed by atoms with Gasteiger partial charge in [-0.1, -0.05) is 37.1 Å². The van der Waals surface area contributed by atoms with E-state index in [1.54, 1.807) is 0 Å². The number of benzene rings is 1. The van der Waals surface area contributed by atoms with Gasteiger partial charge in [0.1, 0.15) is 6.61 Å². The van der Waals surface area contributed by atoms with E-state index >= 15 is 0 Å². The Balaban J connectivity index is 0.000000609. The lowest BCUT2D eigenvalue weighted by molar-refractivity contribution is -0.153. The fourth-order valence-corrected chi connectivity index (χ4v) is 1.86. The van der Waals surface area contributed by atoms with Crippen molar-refractivity contribution in [3.8, 4) is 0 Å². The lowest BCUT2D eigenvalue weighted by Crippen LogP contribution is -2.17. The summed E-state index contributed by atoms with van der Waals surface area (Å²) in [6.45, 7) is 12.2.